The molecule has 1 aromatic rings. The smallest absolute Gasteiger partial charge is 0.0567 e. The maximum atomic E-state index is 5.84. The van der Waals surface area contributed by atoms with Crippen molar-refractivity contribution < 1.29 is 0 Å². The van der Waals surface area contributed by atoms with Crippen LogP contribution in [0.25, 0.3) is 0 Å². The quantitative estimate of drug-likeness (QED) is 0.770. The Labute approximate surface area is 89.0 Å². The third kappa shape index (κ3) is 2.05. The van der Waals surface area contributed by atoms with E-state index >= 15 is 0 Å². The third-order valence-electron chi connectivity index (χ3n) is 2.63. The van der Waals surface area contributed by atoms with Gasteiger partial charge in [0.25, 0.3) is 0 Å². The van der Waals surface area contributed by atoms with Crippen molar-refractivity contribution in [3.05, 3.63) is 34.5 Å². The van der Waals surface area contributed by atoms with E-state index in [0.717, 1.165) is 19.5 Å². The highest BCUT2D eigenvalue weighted by Gasteiger charge is 2.19. The second-order valence-corrected chi connectivity index (χ2v) is 4.50. The van der Waals surface area contributed by atoms with Gasteiger partial charge in [-0.1, -0.05) is 18.2 Å². The van der Waals surface area contributed by atoms with Crippen molar-refractivity contribution in [3.63, 3.8) is 0 Å². The van der Waals surface area contributed by atoms with E-state index in [2.05, 4.69) is 34.6 Å². The molecular weight excluding hydrogens is 192 g/mol. The van der Waals surface area contributed by atoms with Gasteiger partial charge in [-0.3, -0.25) is 4.90 Å². The molecule has 1 unspecified atom stereocenters. The summed E-state index contributed by atoms with van der Waals surface area (Å²) in [5, 5.41) is 2.12. The van der Waals surface area contributed by atoms with Crippen molar-refractivity contribution in [2.24, 2.45) is 5.73 Å². The van der Waals surface area contributed by atoms with Crippen LogP contribution < -0.4 is 5.73 Å². The van der Waals surface area contributed by atoms with Crippen molar-refractivity contribution >= 4 is 11.3 Å². The lowest BCUT2D eigenvalue weighted by molar-refractivity contribution is 0.224. The third-order valence-corrected chi connectivity index (χ3v) is 3.60. The van der Waals surface area contributed by atoms with Crippen molar-refractivity contribution in [1.29, 1.82) is 0 Å². The number of hydrogen-bond donors (Lipinski definition) is 1. The highest BCUT2D eigenvalue weighted by molar-refractivity contribution is 7.10. The number of nitrogens with zero attached hydrogens (tertiary/aromatic N) is 1. The standard InChI is InChI=1S/C11H16N2S/c12-9-10(11-5-4-8-14-11)13-6-2-1-3-7-13/h1-2,4-5,8,10H,3,6-7,9,12H2. The summed E-state index contributed by atoms with van der Waals surface area (Å²) in [5.41, 5.74) is 5.84. The number of thiophene rings is 1. The molecule has 2 heterocycles. The zero-order valence-corrected chi connectivity index (χ0v) is 9.04. The molecule has 0 saturated carbocycles. The Morgan fingerprint density at radius 2 is 2.43 bits per heavy atom. The fourth-order valence-corrected chi connectivity index (χ4v) is 2.74. The van der Waals surface area contributed by atoms with Gasteiger partial charge in [0.2, 0.25) is 0 Å². The lowest BCUT2D eigenvalue weighted by Crippen LogP contribution is -2.35. The Morgan fingerprint density at radius 3 is 3.00 bits per heavy atom. The van der Waals surface area contributed by atoms with E-state index < -0.39 is 0 Å². The van der Waals surface area contributed by atoms with Crippen molar-refractivity contribution in [2.45, 2.75) is 12.5 Å². The van der Waals surface area contributed by atoms with Crippen LogP contribution in [0.4, 0.5) is 0 Å². The van der Waals surface area contributed by atoms with Gasteiger partial charge in [-0.15, -0.1) is 11.3 Å². The first-order chi connectivity index (χ1) is 6.92. The molecule has 0 saturated heterocycles. The first kappa shape index (κ1) is 9.90. The molecule has 0 aliphatic carbocycles. The first-order valence-electron chi connectivity index (χ1n) is 5.04. The highest BCUT2D eigenvalue weighted by atomic mass is 32.1. The lowest BCUT2D eigenvalue weighted by atomic mass is 10.1. The van der Waals surface area contributed by atoms with E-state index in [1.165, 1.54) is 4.88 Å². The minimum atomic E-state index is 0.417. The molecule has 0 aromatic carbocycles. The van der Waals surface area contributed by atoms with E-state index in [0.29, 0.717) is 12.6 Å². The average Bonchev–Trinajstić information content (AvgIpc) is 2.74. The molecule has 0 fully saturated rings. The van der Waals surface area contributed by atoms with Gasteiger partial charge in [0.1, 0.15) is 0 Å². The van der Waals surface area contributed by atoms with Crippen LogP contribution in [0.15, 0.2) is 29.7 Å². The Bertz CT molecular complexity index is 292. The summed E-state index contributed by atoms with van der Waals surface area (Å²) < 4.78 is 0. The van der Waals surface area contributed by atoms with Crippen LogP contribution in [0.5, 0.6) is 0 Å². The van der Waals surface area contributed by atoms with Crippen molar-refractivity contribution in [2.75, 3.05) is 19.6 Å². The topological polar surface area (TPSA) is 29.3 Å². The van der Waals surface area contributed by atoms with E-state index in [9.17, 15) is 0 Å². The largest absolute Gasteiger partial charge is 0.329 e. The number of rotatable bonds is 3. The SMILES string of the molecule is NCC(c1cccs1)N1CC=CCC1. The van der Waals surface area contributed by atoms with Crippen LogP contribution in [-0.2, 0) is 0 Å². The molecule has 0 amide bonds. The molecule has 2 N–H and O–H groups in total. The molecule has 2 nitrogen and oxygen atoms in total. The Hall–Kier alpha value is -0.640. The Balaban J connectivity index is 2.09. The van der Waals surface area contributed by atoms with Gasteiger partial charge in [-0.25, -0.2) is 0 Å². The van der Waals surface area contributed by atoms with Gasteiger partial charge in [0, 0.05) is 24.5 Å². The van der Waals surface area contributed by atoms with Gasteiger partial charge >= 0.3 is 0 Å². The molecule has 0 radical (unpaired) electrons. The normalized spacial score (nSPS) is 19.8. The Morgan fingerprint density at radius 1 is 1.50 bits per heavy atom. The molecule has 1 aliphatic rings. The van der Waals surface area contributed by atoms with Crippen LogP contribution in [0, 0.1) is 0 Å². The van der Waals surface area contributed by atoms with Gasteiger partial charge in [0.15, 0.2) is 0 Å². The second kappa shape index (κ2) is 4.73. The van der Waals surface area contributed by atoms with E-state index in [-0.39, 0.29) is 0 Å². The van der Waals surface area contributed by atoms with Crippen LogP contribution in [0.1, 0.15) is 17.3 Å². The summed E-state index contributed by atoms with van der Waals surface area (Å²) in [6, 6.07) is 4.70. The molecule has 14 heavy (non-hydrogen) atoms. The molecule has 1 aromatic heterocycles. The van der Waals surface area contributed by atoms with Crippen LogP contribution in [0.3, 0.4) is 0 Å². The minimum Gasteiger partial charge on any atom is -0.329 e. The number of hydrogen-bond acceptors (Lipinski definition) is 3. The summed E-state index contributed by atoms with van der Waals surface area (Å²) in [5.74, 6) is 0. The number of nitrogens with two attached hydrogens (primary N) is 1. The molecule has 0 bridgehead atoms. The predicted octanol–water partition coefficient (Wildman–Crippen LogP) is 2.01. The molecule has 2 rings (SSSR count). The predicted molar refractivity (Wildman–Crippen MR) is 61.4 cm³/mol. The fourth-order valence-electron chi connectivity index (χ4n) is 1.87. The van der Waals surface area contributed by atoms with E-state index in [4.69, 9.17) is 5.73 Å². The highest BCUT2D eigenvalue weighted by Crippen LogP contribution is 2.25. The zero-order valence-electron chi connectivity index (χ0n) is 8.23. The van der Waals surface area contributed by atoms with Crippen molar-refractivity contribution in [3.8, 4) is 0 Å². The molecule has 3 heteroatoms. The molecule has 0 spiro atoms. The van der Waals surface area contributed by atoms with Crippen LogP contribution in [0.2, 0.25) is 0 Å². The first-order valence-corrected chi connectivity index (χ1v) is 5.92. The molecular formula is C11H16N2S. The molecule has 1 aliphatic heterocycles. The Kier molecular flexibility index (Phi) is 3.35. The average molecular weight is 208 g/mol. The fraction of sp³-hybridized carbons (Fsp3) is 0.455. The van der Waals surface area contributed by atoms with Crippen LogP contribution in [-0.4, -0.2) is 24.5 Å². The summed E-state index contributed by atoms with van der Waals surface area (Å²) in [7, 11) is 0. The van der Waals surface area contributed by atoms with Gasteiger partial charge in [-0.2, -0.15) is 0 Å². The monoisotopic (exact) mass is 208 g/mol. The van der Waals surface area contributed by atoms with Gasteiger partial charge in [0.05, 0.1) is 6.04 Å². The molecule has 1 atom stereocenters. The zero-order chi connectivity index (χ0) is 9.80. The maximum absolute atomic E-state index is 5.84. The minimum absolute atomic E-state index is 0.417. The summed E-state index contributed by atoms with van der Waals surface area (Å²) in [6.45, 7) is 2.89. The van der Waals surface area contributed by atoms with Crippen molar-refractivity contribution in [1.82, 2.24) is 4.90 Å². The summed E-state index contributed by atoms with van der Waals surface area (Å²) in [4.78, 5) is 3.84. The second-order valence-electron chi connectivity index (χ2n) is 3.52. The van der Waals surface area contributed by atoms with Gasteiger partial charge in [-0.05, 0) is 17.9 Å². The maximum Gasteiger partial charge on any atom is 0.0567 e. The van der Waals surface area contributed by atoms with Gasteiger partial charge < -0.3 is 5.73 Å². The van der Waals surface area contributed by atoms with Crippen LogP contribution >= 0.6 is 11.3 Å². The van der Waals surface area contributed by atoms with E-state index in [1.807, 2.05) is 0 Å². The lowest BCUT2D eigenvalue weighted by Gasteiger charge is -2.30. The summed E-state index contributed by atoms with van der Waals surface area (Å²) >= 11 is 1.80. The van der Waals surface area contributed by atoms with E-state index in [1.54, 1.807) is 11.3 Å². The summed E-state index contributed by atoms with van der Waals surface area (Å²) in [6.07, 6.45) is 5.64. The molecule has 76 valence electrons.